The van der Waals surface area contributed by atoms with Gasteiger partial charge in [-0.2, -0.15) is 0 Å². The molecule has 1 aromatic heterocycles. The van der Waals surface area contributed by atoms with Crippen LogP contribution in [0.5, 0.6) is 0 Å². The number of likely N-dealkylation sites (N-methyl/N-ethyl adjacent to an activating group) is 1. The second kappa shape index (κ2) is 10.2. The Balaban J connectivity index is 1.75. The van der Waals surface area contributed by atoms with Crippen molar-refractivity contribution in [2.45, 2.75) is 52.1 Å². The van der Waals surface area contributed by atoms with Gasteiger partial charge in [-0.1, -0.05) is 19.4 Å². The van der Waals surface area contributed by atoms with Crippen LogP contribution in [0.15, 0.2) is 33.9 Å². The molecule has 0 spiro atoms. The molecule has 1 aliphatic carbocycles. The van der Waals surface area contributed by atoms with Gasteiger partial charge in [0.25, 0.3) is 11.5 Å². The maximum Gasteiger partial charge on any atom is 0.330 e. The molecule has 10 heteroatoms. The summed E-state index contributed by atoms with van der Waals surface area (Å²) < 4.78 is 1.32. The molecule has 2 amide bonds. The number of rotatable bonds is 10. The summed E-state index contributed by atoms with van der Waals surface area (Å²) in [6.45, 7) is 4.34. The first-order valence-electron chi connectivity index (χ1n) is 10.9. The number of hydrogen-bond acceptors (Lipinski definition) is 6. The van der Waals surface area contributed by atoms with E-state index in [1.54, 1.807) is 31.2 Å². The maximum absolute atomic E-state index is 12.7. The minimum absolute atomic E-state index is 0.0422. The molecule has 0 radical (unpaired) electrons. The smallest absolute Gasteiger partial charge is 0.330 e. The van der Waals surface area contributed by atoms with Crippen LogP contribution in [0, 0.1) is 0 Å². The van der Waals surface area contributed by atoms with E-state index in [4.69, 9.17) is 5.73 Å². The average molecular weight is 443 g/mol. The fourth-order valence-electron chi connectivity index (χ4n) is 3.38. The van der Waals surface area contributed by atoms with Crippen LogP contribution in [0.3, 0.4) is 0 Å². The second-order valence-electron chi connectivity index (χ2n) is 7.89. The zero-order valence-electron chi connectivity index (χ0n) is 18.4. The van der Waals surface area contributed by atoms with Crippen LogP contribution in [0.4, 0.5) is 17.2 Å². The van der Waals surface area contributed by atoms with Crippen molar-refractivity contribution in [1.82, 2.24) is 14.9 Å². The van der Waals surface area contributed by atoms with Crippen LogP contribution in [0.1, 0.15) is 49.9 Å². The molecule has 1 aromatic carbocycles. The third-order valence-electron chi connectivity index (χ3n) is 5.30. The Bertz CT molecular complexity index is 1100. The molecule has 0 bridgehead atoms. The van der Waals surface area contributed by atoms with Crippen molar-refractivity contribution in [3.05, 3.63) is 50.7 Å². The molecule has 1 heterocycles. The second-order valence-corrected chi connectivity index (χ2v) is 7.89. The predicted octanol–water partition coefficient (Wildman–Crippen LogP) is 1.28. The summed E-state index contributed by atoms with van der Waals surface area (Å²) >= 11 is 0. The first kappa shape index (κ1) is 23.1. The SMILES string of the molecule is CCCCn1c(N)c(N(CC)CC(=O)Nc2cccc(C(=O)NC3CC3)c2)c(=O)[nH]c1=O. The zero-order chi connectivity index (χ0) is 23.3. The number of nitrogens with one attached hydrogen (secondary N) is 3. The summed E-state index contributed by atoms with van der Waals surface area (Å²) in [7, 11) is 0. The van der Waals surface area contributed by atoms with Crippen molar-refractivity contribution in [3.63, 3.8) is 0 Å². The van der Waals surface area contributed by atoms with E-state index in [0.29, 0.717) is 24.3 Å². The molecular formula is C22H30N6O4. The monoisotopic (exact) mass is 442 g/mol. The van der Waals surface area contributed by atoms with Gasteiger partial charge in [-0.3, -0.25) is 23.9 Å². The highest BCUT2D eigenvalue weighted by molar-refractivity contribution is 5.98. The molecule has 5 N–H and O–H groups in total. The van der Waals surface area contributed by atoms with Crippen molar-refractivity contribution < 1.29 is 9.59 Å². The Morgan fingerprint density at radius 2 is 2.00 bits per heavy atom. The van der Waals surface area contributed by atoms with E-state index in [-0.39, 0.29) is 35.9 Å². The van der Waals surface area contributed by atoms with Crippen LogP contribution >= 0.6 is 0 Å². The van der Waals surface area contributed by atoms with Crippen LogP contribution in [0.25, 0.3) is 0 Å². The third kappa shape index (κ3) is 5.57. The molecule has 10 nitrogen and oxygen atoms in total. The van der Waals surface area contributed by atoms with Crippen molar-refractivity contribution in [2.75, 3.05) is 29.0 Å². The summed E-state index contributed by atoms with van der Waals surface area (Å²) in [6, 6.07) is 6.92. The lowest BCUT2D eigenvalue weighted by atomic mass is 10.2. The fraction of sp³-hybridized carbons (Fsp3) is 0.455. The average Bonchev–Trinajstić information content (AvgIpc) is 3.56. The van der Waals surface area contributed by atoms with Gasteiger partial charge >= 0.3 is 5.69 Å². The Kier molecular flexibility index (Phi) is 7.34. The number of aromatic amines is 1. The van der Waals surface area contributed by atoms with E-state index in [0.717, 1.165) is 25.7 Å². The van der Waals surface area contributed by atoms with Crippen molar-refractivity contribution in [3.8, 4) is 0 Å². The largest absolute Gasteiger partial charge is 0.383 e. The number of aromatic nitrogens is 2. The number of nitrogen functional groups attached to an aromatic ring is 1. The quantitative estimate of drug-likeness (QED) is 0.437. The molecule has 2 aromatic rings. The van der Waals surface area contributed by atoms with Crippen LogP contribution in [-0.4, -0.2) is 40.5 Å². The normalized spacial score (nSPS) is 12.9. The number of carbonyl (C=O) groups excluding carboxylic acids is 2. The lowest BCUT2D eigenvalue weighted by Crippen LogP contribution is -2.41. The summed E-state index contributed by atoms with van der Waals surface area (Å²) in [6.07, 6.45) is 3.57. The molecule has 0 saturated heterocycles. The van der Waals surface area contributed by atoms with E-state index < -0.39 is 11.2 Å². The lowest BCUT2D eigenvalue weighted by molar-refractivity contribution is -0.115. The number of unbranched alkanes of at least 4 members (excludes halogenated alkanes) is 1. The van der Waals surface area contributed by atoms with Gasteiger partial charge in [-0.25, -0.2) is 4.79 Å². The van der Waals surface area contributed by atoms with Gasteiger partial charge in [0.15, 0.2) is 0 Å². The molecule has 32 heavy (non-hydrogen) atoms. The number of anilines is 3. The van der Waals surface area contributed by atoms with Gasteiger partial charge in [0.1, 0.15) is 11.5 Å². The predicted molar refractivity (Wildman–Crippen MR) is 124 cm³/mol. The molecule has 3 rings (SSSR count). The molecule has 0 aliphatic heterocycles. The standard InChI is InChI=1S/C22H30N6O4/c1-3-5-11-28-19(23)18(21(31)26-22(28)32)27(4-2)13-17(29)24-16-8-6-7-14(12-16)20(30)25-15-9-10-15/h6-8,12,15H,3-5,9-11,13,23H2,1-2H3,(H,24,29)(H,25,30)(H,26,31,32). The van der Waals surface area contributed by atoms with Gasteiger partial charge in [0.05, 0.1) is 6.54 Å². The molecular weight excluding hydrogens is 412 g/mol. The molecule has 1 aliphatic rings. The summed E-state index contributed by atoms with van der Waals surface area (Å²) in [5.41, 5.74) is 5.99. The van der Waals surface area contributed by atoms with Crippen LogP contribution < -0.4 is 32.5 Å². The number of nitrogens with two attached hydrogens (primary N) is 1. The number of H-pyrrole nitrogens is 1. The minimum atomic E-state index is -0.631. The number of carbonyl (C=O) groups is 2. The number of nitrogens with zero attached hydrogens (tertiary/aromatic N) is 2. The lowest BCUT2D eigenvalue weighted by Gasteiger charge is -2.24. The van der Waals surface area contributed by atoms with Gasteiger partial charge < -0.3 is 21.3 Å². The topological polar surface area (TPSA) is 142 Å². The summed E-state index contributed by atoms with van der Waals surface area (Å²) in [4.78, 5) is 53.4. The van der Waals surface area contributed by atoms with E-state index in [9.17, 15) is 19.2 Å². The van der Waals surface area contributed by atoms with Crippen molar-refractivity contribution in [1.29, 1.82) is 0 Å². The first-order valence-corrected chi connectivity index (χ1v) is 10.9. The first-order chi connectivity index (χ1) is 15.3. The zero-order valence-corrected chi connectivity index (χ0v) is 18.4. The molecule has 172 valence electrons. The Morgan fingerprint density at radius 3 is 2.66 bits per heavy atom. The Labute approximate surface area is 185 Å². The molecule has 1 fully saturated rings. The maximum atomic E-state index is 12.7. The van der Waals surface area contributed by atoms with Crippen molar-refractivity contribution in [2.24, 2.45) is 0 Å². The minimum Gasteiger partial charge on any atom is -0.383 e. The molecule has 0 unspecified atom stereocenters. The van der Waals surface area contributed by atoms with Crippen LogP contribution in [0.2, 0.25) is 0 Å². The highest BCUT2D eigenvalue weighted by atomic mass is 16.2. The van der Waals surface area contributed by atoms with E-state index in [1.807, 2.05) is 6.92 Å². The van der Waals surface area contributed by atoms with Crippen LogP contribution in [-0.2, 0) is 11.3 Å². The van der Waals surface area contributed by atoms with E-state index in [1.165, 1.54) is 9.47 Å². The Morgan fingerprint density at radius 1 is 1.25 bits per heavy atom. The highest BCUT2D eigenvalue weighted by Gasteiger charge is 2.24. The van der Waals surface area contributed by atoms with E-state index in [2.05, 4.69) is 15.6 Å². The Hall–Kier alpha value is -3.56. The van der Waals surface area contributed by atoms with Crippen molar-refractivity contribution >= 4 is 29.0 Å². The number of hydrogen-bond donors (Lipinski definition) is 4. The van der Waals surface area contributed by atoms with Gasteiger partial charge in [0, 0.05) is 30.4 Å². The van der Waals surface area contributed by atoms with Gasteiger partial charge in [-0.15, -0.1) is 0 Å². The highest BCUT2D eigenvalue weighted by Crippen LogP contribution is 2.20. The summed E-state index contributed by atoms with van der Waals surface area (Å²) in [5, 5.41) is 5.67. The molecule has 0 atom stereocenters. The van der Waals surface area contributed by atoms with Gasteiger partial charge in [0.2, 0.25) is 5.91 Å². The fourth-order valence-corrected chi connectivity index (χ4v) is 3.38. The molecule has 1 saturated carbocycles. The van der Waals surface area contributed by atoms with Gasteiger partial charge in [-0.05, 0) is 44.4 Å². The number of benzene rings is 1. The summed E-state index contributed by atoms with van der Waals surface area (Å²) in [5.74, 6) is -0.510. The van der Waals surface area contributed by atoms with E-state index >= 15 is 0 Å². The third-order valence-corrected chi connectivity index (χ3v) is 5.30. The number of amides is 2.